The second-order valence-electron chi connectivity index (χ2n) is 7.11. The van der Waals surface area contributed by atoms with Gasteiger partial charge in [0.15, 0.2) is 0 Å². The van der Waals surface area contributed by atoms with Crippen LogP contribution in [-0.4, -0.2) is 58.8 Å². The van der Waals surface area contributed by atoms with Crippen LogP contribution in [0, 0.1) is 5.92 Å². The van der Waals surface area contributed by atoms with E-state index >= 15 is 0 Å². The van der Waals surface area contributed by atoms with Gasteiger partial charge in [0, 0.05) is 25.2 Å². The monoisotopic (exact) mass is 250 g/mol. The van der Waals surface area contributed by atoms with Crippen LogP contribution in [0.5, 0.6) is 0 Å². The van der Waals surface area contributed by atoms with E-state index in [0.717, 1.165) is 24.9 Å². The highest BCUT2D eigenvalue weighted by atomic mass is 16.3. The van der Waals surface area contributed by atoms with Crippen molar-refractivity contribution in [3.05, 3.63) is 0 Å². The van der Waals surface area contributed by atoms with E-state index in [1.807, 2.05) is 0 Å². The van der Waals surface area contributed by atoms with Gasteiger partial charge in [-0.1, -0.05) is 12.8 Å². The van der Waals surface area contributed by atoms with Gasteiger partial charge in [-0.05, 0) is 51.1 Å². The maximum Gasteiger partial charge on any atom is 0.0932 e. The number of fused-ring (bicyclic) bond motifs is 6. The van der Waals surface area contributed by atoms with Crippen LogP contribution in [0.15, 0.2) is 0 Å². The molecule has 4 rings (SSSR count). The van der Waals surface area contributed by atoms with Gasteiger partial charge >= 0.3 is 0 Å². The highest BCUT2D eigenvalue weighted by Gasteiger charge is 2.54. The zero-order valence-corrected chi connectivity index (χ0v) is 11.4. The molecule has 3 heteroatoms. The van der Waals surface area contributed by atoms with Gasteiger partial charge in [-0.2, -0.15) is 0 Å². The summed E-state index contributed by atoms with van der Waals surface area (Å²) in [6.45, 7) is 4.68. The number of rotatable bonds is 0. The predicted molar refractivity (Wildman–Crippen MR) is 71.5 cm³/mol. The second kappa shape index (κ2) is 4.19. The zero-order valence-electron chi connectivity index (χ0n) is 11.4. The molecule has 0 saturated carbocycles. The van der Waals surface area contributed by atoms with Crippen molar-refractivity contribution >= 4 is 0 Å². The Balaban J connectivity index is 1.63. The molecule has 4 aliphatic rings. The van der Waals surface area contributed by atoms with Gasteiger partial charge in [0.25, 0.3) is 0 Å². The first-order valence-electron chi connectivity index (χ1n) is 7.97. The first-order valence-corrected chi connectivity index (χ1v) is 7.97. The topological polar surface area (TPSA) is 26.7 Å². The standard InChI is InChI=1S/C15H26N2O/c18-15-9-12(10-16-7-4-2-6-14(15)16)13-5-1-3-8-17(13)11-15/h12-14,18H,1-11H2/t12-,13-,14+,15+/m1/s1. The van der Waals surface area contributed by atoms with Gasteiger partial charge in [-0.3, -0.25) is 9.80 Å². The van der Waals surface area contributed by atoms with Crippen LogP contribution < -0.4 is 0 Å². The van der Waals surface area contributed by atoms with Gasteiger partial charge in [-0.15, -0.1) is 0 Å². The largest absolute Gasteiger partial charge is 0.387 e. The van der Waals surface area contributed by atoms with Crippen molar-refractivity contribution in [2.45, 2.75) is 62.6 Å². The molecule has 0 aromatic rings. The van der Waals surface area contributed by atoms with Crippen molar-refractivity contribution in [1.29, 1.82) is 0 Å². The minimum Gasteiger partial charge on any atom is -0.387 e. The molecular formula is C15H26N2O. The van der Waals surface area contributed by atoms with Gasteiger partial charge in [0.2, 0.25) is 0 Å². The Morgan fingerprint density at radius 1 is 0.944 bits per heavy atom. The molecule has 0 aromatic heterocycles. The molecule has 0 radical (unpaired) electrons. The molecule has 4 aliphatic heterocycles. The first kappa shape index (κ1) is 11.7. The van der Waals surface area contributed by atoms with E-state index in [0.29, 0.717) is 6.04 Å². The van der Waals surface area contributed by atoms with Crippen molar-refractivity contribution in [2.75, 3.05) is 26.2 Å². The number of aliphatic hydroxyl groups is 1. The molecule has 4 fully saturated rings. The van der Waals surface area contributed by atoms with Crippen molar-refractivity contribution < 1.29 is 5.11 Å². The molecule has 1 N–H and O–H groups in total. The Morgan fingerprint density at radius 3 is 2.61 bits per heavy atom. The first-order chi connectivity index (χ1) is 8.76. The van der Waals surface area contributed by atoms with Crippen molar-refractivity contribution in [2.24, 2.45) is 5.92 Å². The summed E-state index contributed by atoms with van der Waals surface area (Å²) in [5, 5.41) is 11.2. The molecule has 102 valence electrons. The Hall–Kier alpha value is -0.120. The summed E-state index contributed by atoms with van der Waals surface area (Å²) in [6.07, 6.45) is 9.08. The summed E-state index contributed by atoms with van der Waals surface area (Å²) < 4.78 is 0. The van der Waals surface area contributed by atoms with Gasteiger partial charge < -0.3 is 5.11 Å². The maximum atomic E-state index is 11.2. The Morgan fingerprint density at radius 2 is 1.72 bits per heavy atom. The van der Waals surface area contributed by atoms with Crippen LogP contribution in [0.3, 0.4) is 0 Å². The number of hydrogen-bond acceptors (Lipinski definition) is 3. The Kier molecular flexibility index (Phi) is 2.72. The lowest BCUT2D eigenvalue weighted by Gasteiger charge is -2.60. The molecule has 0 amide bonds. The summed E-state index contributed by atoms with van der Waals surface area (Å²) in [5.74, 6) is 0.735. The molecule has 2 bridgehead atoms. The van der Waals surface area contributed by atoms with Gasteiger partial charge in [-0.25, -0.2) is 0 Å². The van der Waals surface area contributed by atoms with Crippen LogP contribution in [-0.2, 0) is 0 Å². The lowest BCUT2D eigenvalue weighted by atomic mass is 9.68. The van der Waals surface area contributed by atoms with Crippen LogP contribution in [0.4, 0.5) is 0 Å². The number of hydrogen-bond donors (Lipinski definition) is 1. The Bertz CT molecular complexity index is 332. The minimum atomic E-state index is -0.392. The van der Waals surface area contributed by atoms with E-state index in [-0.39, 0.29) is 0 Å². The molecular weight excluding hydrogens is 224 g/mol. The molecule has 4 heterocycles. The zero-order chi connectivity index (χ0) is 12.2. The van der Waals surface area contributed by atoms with E-state index in [1.165, 1.54) is 58.2 Å². The summed E-state index contributed by atoms with van der Waals surface area (Å²) >= 11 is 0. The molecule has 0 spiro atoms. The van der Waals surface area contributed by atoms with Crippen LogP contribution in [0.2, 0.25) is 0 Å². The lowest BCUT2D eigenvalue weighted by molar-refractivity contribution is -0.176. The van der Waals surface area contributed by atoms with Crippen molar-refractivity contribution in [3.63, 3.8) is 0 Å². The summed E-state index contributed by atoms with van der Waals surface area (Å²) in [5.41, 5.74) is -0.392. The Labute approximate surface area is 110 Å². The summed E-state index contributed by atoms with van der Waals surface area (Å²) in [4.78, 5) is 5.26. The van der Waals surface area contributed by atoms with Crippen LogP contribution in [0.1, 0.15) is 44.9 Å². The molecule has 4 saturated heterocycles. The highest BCUT2D eigenvalue weighted by Crippen LogP contribution is 2.44. The predicted octanol–water partition coefficient (Wildman–Crippen LogP) is 1.46. The molecule has 4 atom stereocenters. The molecule has 0 aromatic carbocycles. The fourth-order valence-corrected chi connectivity index (χ4v) is 5.30. The maximum absolute atomic E-state index is 11.2. The molecule has 18 heavy (non-hydrogen) atoms. The van der Waals surface area contributed by atoms with Crippen LogP contribution >= 0.6 is 0 Å². The second-order valence-corrected chi connectivity index (χ2v) is 7.11. The third kappa shape index (κ3) is 1.67. The quantitative estimate of drug-likeness (QED) is 0.705. The number of piperidine rings is 4. The summed E-state index contributed by atoms with van der Waals surface area (Å²) in [7, 11) is 0. The van der Waals surface area contributed by atoms with Gasteiger partial charge in [0.1, 0.15) is 0 Å². The van der Waals surface area contributed by atoms with Crippen molar-refractivity contribution in [3.8, 4) is 0 Å². The number of nitrogens with zero attached hydrogens (tertiary/aromatic N) is 2. The highest BCUT2D eigenvalue weighted by molar-refractivity contribution is 5.09. The average Bonchev–Trinajstić information content (AvgIpc) is 2.38. The van der Waals surface area contributed by atoms with Gasteiger partial charge in [0.05, 0.1) is 5.60 Å². The van der Waals surface area contributed by atoms with E-state index in [2.05, 4.69) is 9.80 Å². The SMILES string of the molecule is O[C@]12C[C@H](CN3CCCC[C@H]31)[C@H]1CCCCN1C2. The van der Waals surface area contributed by atoms with Crippen molar-refractivity contribution in [1.82, 2.24) is 9.80 Å². The van der Waals surface area contributed by atoms with E-state index in [9.17, 15) is 5.11 Å². The average molecular weight is 250 g/mol. The fourth-order valence-electron chi connectivity index (χ4n) is 5.30. The smallest absolute Gasteiger partial charge is 0.0932 e. The summed E-state index contributed by atoms with van der Waals surface area (Å²) in [6, 6.07) is 1.24. The molecule has 0 aliphatic carbocycles. The lowest BCUT2D eigenvalue weighted by Crippen LogP contribution is -2.71. The minimum absolute atomic E-state index is 0.392. The van der Waals surface area contributed by atoms with Crippen LogP contribution in [0.25, 0.3) is 0 Å². The van der Waals surface area contributed by atoms with E-state index < -0.39 is 5.60 Å². The third-order valence-electron chi connectivity index (χ3n) is 6.00. The molecule has 0 unspecified atom stereocenters. The molecule has 3 nitrogen and oxygen atoms in total. The fraction of sp³-hybridized carbons (Fsp3) is 1.00. The van der Waals surface area contributed by atoms with E-state index in [4.69, 9.17) is 0 Å². The van der Waals surface area contributed by atoms with E-state index in [1.54, 1.807) is 0 Å². The normalized spacial score (nSPS) is 49.5. The third-order valence-corrected chi connectivity index (χ3v) is 6.00.